The zero-order chi connectivity index (χ0) is 22.8. The summed E-state index contributed by atoms with van der Waals surface area (Å²) in [4.78, 5) is 32.1. The zero-order valence-electron chi connectivity index (χ0n) is 15.1. The molecular weight excluding hydrogens is 480 g/mol. The van der Waals surface area contributed by atoms with E-state index in [4.69, 9.17) is 23.2 Å². The summed E-state index contributed by atoms with van der Waals surface area (Å²) >= 11 is 12.2. The van der Waals surface area contributed by atoms with E-state index in [1.54, 1.807) is 0 Å². The van der Waals surface area contributed by atoms with Crippen molar-refractivity contribution in [3.05, 3.63) is 68.4 Å². The zero-order valence-corrected chi connectivity index (χ0v) is 17.5. The quantitative estimate of drug-likeness (QED) is 0.447. The van der Waals surface area contributed by atoms with Crippen LogP contribution < -0.4 is 10.6 Å². The first-order valence-electron chi connectivity index (χ1n) is 8.31. The van der Waals surface area contributed by atoms with Crippen LogP contribution in [0, 0.1) is 0 Å². The highest BCUT2D eigenvalue weighted by atomic mass is 35.5. The number of anilines is 1. The highest BCUT2D eigenvalue weighted by molar-refractivity contribution is 7.17. The maximum Gasteiger partial charge on any atom is 0.416 e. The molecule has 0 radical (unpaired) electrons. The molecule has 2 aromatic heterocycles. The van der Waals surface area contributed by atoms with E-state index in [2.05, 4.69) is 20.6 Å². The number of halogens is 5. The van der Waals surface area contributed by atoms with Crippen LogP contribution in [0.3, 0.4) is 0 Å². The normalized spacial score (nSPS) is 11.3. The summed E-state index contributed by atoms with van der Waals surface area (Å²) in [6.07, 6.45) is -3.38. The van der Waals surface area contributed by atoms with E-state index in [1.807, 2.05) is 0 Å². The lowest BCUT2D eigenvalue weighted by molar-refractivity contribution is -0.138. The number of nitrogens with zero attached hydrogens (tertiary/aromatic N) is 2. The summed E-state index contributed by atoms with van der Waals surface area (Å²) in [5.41, 5.74) is -1.13. The van der Waals surface area contributed by atoms with Crippen molar-refractivity contribution in [3.8, 4) is 5.75 Å². The largest absolute Gasteiger partial charge is 0.504 e. The second kappa shape index (κ2) is 9.08. The molecule has 3 aromatic rings. The van der Waals surface area contributed by atoms with E-state index < -0.39 is 29.3 Å². The molecule has 0 aliphatic heterocycles. The fourth-order valence-corrected chi connectivity index (χ4v) is 3.57. The third-order valence-corrected chi connectivity index (χ3v) is 5.31. The Balaban J connectivity index is 1.66. The van der Waals surface area contributed by atoms with Crippen LogP contribution in [0.5, 0.6) is 5.75 Å². The fraction of sp³-hybridized carbons (Fsp3) is 0.111. The molecule has 0 aliphatic rings. The number of pyridine rings is 1. The number of alkyl halides is 3. The Morgan fingerprint density at radius 1 is 1.16 bits per heavy atom. The first kappa shape index (κ1) is 22.8. The number of rotatable bonds is 5. The SMILES string of the molecule is O=C(Nc1ncc(C(=O)NCc2ccccc2C(F)(F)F)s1)c1cc(Cl)c(O)c(Cl)n1. The Hall–Kier alpha value is -2.89. The molecule has 0 aliphatic carbocycles. The molecule has 7 nitrogen and oxygen atoms in total. The molecule has 0 unspecified atom stereocenters. The molecule has 1 aromatic carbocycles. The third kappa shape index (κ3) is 5.43. The van der Waals surface area contributed by atoms with Gasteiger partial charge in [0.2, 0.25) is 0 Å². The Labute approximate surface area is 186 Å². The number of aromatic hydroxyl groups is 1. The summed E-state index contributed by atoms with van der Waals surface area (Å²) < 4.78 is 39.1. The highest BCUT2D eigenvalue weighted by Crippen LogP contribution is 2.32. The monoisotopic (exact) mass is 490 g/mol. The van der Waals surface area contributed by atoms with Crippen molar-refractivity contribution < 1.29 is 27.9 Å². The molecule has 0 atom stereocenters. The van der Waals surface area contributed by atoms with Crippen LogP contribution in [0.15, 0.2) is 36.5 Å². The highest BCUT2D eigenvalue weighted by Gasteiger charge is 2.32. The van der Waals surface area contributed by atoms with E-state index in [9.17, 15) is 27.9 Å². The second-order valence-electron chi connectivity index (χ2n) is 5.95. The number of aromatic nitrogens is 2. The molecule has 0 bridgehead atoms. The first-order chi connectivity index (χ1) is 14.6. The minimum absolute atomic E-state index is 0.0351. The molecule has 0 spiro atoms. The van der Waals surface area contributed by atoms with Crippen LogP contribution in [0.2, 0.25) is 10.2 Å². The maximum absolute atomic E-state index is 13.0. The Morgan fingerprint density at radius 3 is 2.55 bits per heavy atom. The van der Waals surface area contributed by atoms with Gasteiger partial charge < -0.3 is 10.4 Å². The average molecular weight is 491 g/mol. The number of hydrogen-bond donors (Lipinski definition) is 3. The molecule has 3 N–H and O–H groups in total. The van der Waals surface area contributed by atoms with E-state index in [0.29, 0.717) is 0 Å². The van der Waals surface area contributed by atoms with Gasteiger partial charge in [-0.25, -0.2) is 9.97 Å². The molecule has 0 fully saturated rings. The molecule has 162 valence electrons. The number of carbonyl (C=O) groups excluding carboxylic acids is 2. The van der Waals surface area contributed by atoms with Crippen LogP contribution in [-0.4, -0.2) is 26.9 Å². The van der Waals surface area contributed by atoms with E-state index in [1.165, 1.54) is 18.2 Å². The Morgan fingerprint density at radius 2 is 1.87 bits per heavy atom. The molecule has 2 heterocycles. The lowest BCUT2D eigenvalue weighted by atomic mass is 10.1. The van der Waals surface area contributed by atoms with Gasteiger partial charge in [0.15, 0.2) is 16.0 Å². The van der Waals surface area contributed by atoms with Crippen molar-refractivity contribution in [3.63, 3.8) is 0 Å². The minimum atomic E-state index is -4.54. The topological polar surface area (TPSA) is 104 Å². The van der Waals surface area contributed by atoms with Gasteiger partial charge in [-0.3, -0.25) is 14.9 Å². The van der Waals surface area contributed by atoms with Gasteiger partial charge in [0, 0.05) is 6.54 Å². The van der Waals surface area contributed by atoms with Gasteiger partial charge >= 0.3 is 6.18 Å². The molecular formula is C18H11Cl2F3N4O3S. The molecule has 0 saturated carbocycles. The van der Waals surface area contributed by atoms with Crippen molar-refractivity contribution in [1.82, 2.24) is 15.3 Å². The van der Waals surface area contributed by atoms with Gasteiger partial charge in [0.25, 0.3) is 11.8 Å². The lowest BCUT2D eigenvalue weighted by Crippen LogP contribution is -2.23. The number of nitrogens with one attached hydrogen (secondary N) is 2. The van der Waals surface area contributed by atoms with Crippen molar-refractivity contribution >= 4 is 51.5 Å². The Bertz CT molecular complexity index is 1130. The third-order valence-electron chi connectivity index (χ3n) is 3.85. The molecule has 31 heavy (non-hydrogen) atoms. The standard InChI is InChI=1S/C18H11Cl2F3N4O3S/c19-10-5-11(26-14(20)13(10)28)15(29)27-17-25-7-12(31-17)16(30)24-6-8-3-1-2-4-9(8)18(21,22)23/h1-5,7,28H,6H2,(H,24,30)(H,25,27,29). The number of benzene rings is 1. The maximum atomic E-state index is 13.0. The van der Waals surface area contributed by atoms with E-state index >= 15 is 0 Å². The number of hydrogen-bond acceptors (Lipinski definition) is 6. The summed E-state index contributed by atoms with van der Waals surface area (Å²) in [5, 5.41) is 13.8. The second-order valence-corrected chi connectivity index (χ2v) is 7.75. The van der Waals surface area contributed by atoms with Gasteiger partial charge in [-0.15, -0.1) is 0 Å². The predicted octanol–water partition coefficient (Wildman–Crippen LogP) is 4.75. The van der Waals surface area contributed by atoms with Crippen LogP contribution in [0.4, 0.5) is 18.3 Å². The van der Waals surface area contributed by atoms with E-state index in [-0.39, 0.29) is 38.0 Å². The number of amides is 2. The van der Waals surface area contributed by atoms with Crippen molar-refractivity contribution in [2.75, 3.05) is 5.32 Å². The molecule has 2 amide bonds. The van der Waals surface area contributed by atoms with Gasteiger partial charge in [-0.05, 0) is 17.7 Å². The summed E-state index contributed by atoms with van der Waals surface area (Å²) in [7, 11) is 0. The first-order valence-corrected chi connectivity index (χ1v) is 9.89. The average Bonchev–Trinajstić information content (AvgIpc) is 3.18. The molecule has 13 heteroatoms. The number of thiazole rings is 1. The van der Waals surface area contributed by atoms with Crippen LogP contribution in [0.1, 0.15) is 31.3 Å². The summed E-state index contributed by atoms with van der Waals surface area (Å²) in [6, 6.07) is 5.99. The molecule has 3 rings (SSSR count). The van der Waals surface area contributed by atoms with Crippen molar-refractivity contribution in [2.45, 2.75) is 12.7 Å². The molecule has 0 saturated heterocycles. The van der Waals surface area contributed by atoms with E-state index in [0.717, 1.165) is 29.7 Å². The van der Waals surface area contributed by atoms with Crippen molar-refractivity contribution in [1.29, 1.82) is 0 Å². The smallest absolute Gasteiger partial charge is 0.416 e. The van der Waals surface area contributed by atoms with Crippen LogP contribution in [-0.2, 0) is 12.7 Å². The minimum Gasteiger partial charge on any atom is -0.504 e. The number of carbonyl (C=O) groups is 2. The van der Waals surface area contributed by atoms with Crippen LogP contribution >= 0.6 is 34.5 Å². The summed E-state index contributed by atoms with van der Waals surface area (Å²) in [6.45, 7) is -0.345. The van der Waals surface area contributed by atoms with Gasteiger partial charge in [-0.1, -0.05) is 52.7 Å². The predicted molar refractivity (Wildman–Crippen MR) is 109 cm³/mol. The van der Waals surface area contributed by atoms with Gasteiger partial charge in [0.05, 0.1) is 16.8 Å². The van der Waals surface area contributed by atoms with Gasteiger partial charge in [0.1, 0.15) is 10.6 Å². The lowest BCUT2D eigenvalue weighted by Gasteiger charge is -2.12. The van der Waals surface area contributed by atoms with Gasteiger partial charge in [-0.2, -0.15) is 13.2 Å². The summed E-state index contributed by atoms with van der Waals surface area (Å²) in [5.74, 6) is -1.88. The fourth-order valence-electron chi connectivity index (χ4n) is 2.41. The van der Waals surface area contributed by atoms with Crippen molar-refractivity contribution in [2.24, 2.45) is 0 Å². The Kier molecular flexibility index (Phi) is 6.68. The van der Waals surface area contributed by atoms with Crippen LogP contribution in [0.25, 0.3) is 0 Å².